The number of hydrogen-bond donors (Lipinski definition) is 1. The number of hydrogen-bond acceptors (Lipinski definition) is 3. The summed E-state index contributed by atoms with van der Waals surface area (Å²) in [5, 5.41) is 10.8. The fraction of sp³-hybridized carbons (Fsp3) is 0.250. The summed E-state index contributed by atoms with van der Waals surface area (Å²) in [5.41, 5.74) is 0.154. The van der Waals surface area contributed by atoms with Crippen LogP contribution in [0.1, 0.15) is 25.3 Å². The van der Waals surface area contributed by atoms with E-state index in [1.54, 1.807) is 18.0 Å². The van der Waals surface area contributed by atoms with E-state index in [0.29, 0.717) is 0 Å². The lowest BCUT2D eigenvalue weighted by Gasteiger charge is -2.24. The standard InChI is InChI=1S/C20H22N2OS/c1-20(23,12-5-14-22-15-13-21-16-22)17-8-10-19(11-9-17)24-18-6-3-2-4-7-18/h2-4,6-11,13,15-16,23H,5,12,14H2,1H3. The first-order valence-electron chi connectivity index (χ1n) is 8.15. The Morgan fingerprint density at radius 2 is 1.75 bits per heavy atom. The average molecular weight is 338 g/mol. The molecule has 3 rings (SSSR count). The molecule has 0 radical (unpaired) electrons. The van der Waals surface area contributed by atoms with Gasteiger partial charge in [0.25, 0.3) is 0 Å². The maximum absolute atomic E-state index is 10.8. The Labute approximate surface area is 147 Å². The molecule has 0 saturated carbocycles. The molecule has 1 heterocycles. The smallest absolute Gasteiger partial charge is 0.0945 e. The Bertz CT molecular complexity index is 737. The quantitative estimate of drug-likeness (QED) is 0.677. The van der Waals surface area contributed by atoms with Crippen LogP contribution in [-0.2, 0) is 12.1 Å². The van der Waals surface area contributed by atoms with Gasteiger partial charge in [-0.1, -0.05) is 42.1 Å². The Hall–Kier alpha value is -2.04. The molecule has 0 aliphatic heterocycles. The first kappa shape index (κ1) is 16.8. The summed E-state index contributed by atoms with van der Waals surface area (Å²) in [6, 6.07) is 18.5. The van der Waals surface area contributed by atoms with E-state index in [-0.39, 0.29) is 0 Å². The van der Waals surface area contributed by atoms with E-state index in [1.165, 1.54) is 9.79 Å². The van der Waals surface area contributed by atoms with Crippen molar-refractivity contribution < 1.29 is 5.11 Å². The summed E-state index contributed by atoms with van der Waals surface area (Å²) in [5.74, 6) is 0. The average Bonchev–Trinajstić information content (AvgIpc) is 3.10. The highest BCUT2D eigenvalue weighted by molar-refractivity contribution is 7.99. The minimum atomic E-state index is -0.809. The molecule has 0 spiro atoms. The van der Waals surface area contributed by atoms with E-state index in [2.05, 4.69) is 29.2 Å². The van der Waals surface area contributed by atoms with Gasteiger partial charge < -0.3 is 9.67 Å². The third-order valence-electron chi connectivity index (χ3n) is 4.09. The van der Waals surface area contributed by atoms with Gasteiger partial charge in [-0.3, -0.25) is 0 Å². The molecule has 0 aliphatic rings. The first-order valence-corrected chi connectivity index (χ1v) is 8.97. The number of aryl methyl sites for hydroxylation is 1. The van der Waals surface area contributed by atoms with Gasteiger partial charge in [-0.05, 0) is 49.6 Å². The number of benzene rings is 2. The number of aliphatic hydroxyl groups is 1. The second-order valence-electron chi connectivity index (χ2n) is 6.12. The highest BCUT2D eigenvalue weighted by atomic mass is 32.2. The van der Waals surface area contributed by atoms with Gasteiger partial charge in [0.1, 0.15) is 0 Å². The largest absolute Gasteiger partial charge is 0.385 e. The molecule has 2 aromatic carbocycles. The second-order valence-corrected chi connectivity index (χ2v) is 7.26. The minimum absolute atomic E-state index is 0.719. The Morgan fingerprint density at radius 3 is 2.42 bits per heavy atom. The third-order valence-corrected chi connectivity index (χ3v) is 5.11. The van der Waals surface area contributed by atoms with Crippen LogP contribution >= 0.6 is 11.8 Å². The molecule has 0 saturated heterocycles. The Balaban J connectivity index is 1.58. The van der Waals surface area contributed by atoms with Crippen molar-refractivity contribution in [1.29, 1.82) is 0 Å². The van der Waals surface area contributed by atoms with Gasteiger partial charge in [0.05, 0.1) is 11.9 Å². The predicted molar refractivity (Wildman–Crippen MR) is 98.0 cm³/mol. The van der Waals surface area contributed by atoms with Crippen LogP contribution in [0, 0.1) is 0 Å². The molecule has 3 aromatic rings. The zero-order chi connectivity index (χ0) is 16.8. The maximum Gasteiger partial charge on any atom is 0.0945 e. The predicted octanol–water partition coefficient (Wildman–Crippen LogP) is 4.72. The number of rotatable bonds is 7. The van der Waals surface area contributed by atoms with Crippen LogP contribution < -0.4 is 0 Å². The molecule has 3 nitrogen and oxygen atoms in total. The van der Waals surface area contributed by atoms with Crippen LogP contribution in [0.5, 0.6) is 0 Å². The maximum atomic E-state index is 10.8. The Kier molecular flexibility index (Phi) is 5.38. The van der Waals surface area contributed by atoms with Gasteiger partial charge >= 0.3 is 0 Å². The topological polar surface area (TPSA) is 38.0 Å². The van der Waals surface area contributed by atoms with Crippen LogP contribution in [-0.4, -0.2) is 14.7 Å². The fourth-order valence-electron chi connectivity index (χ4n) is 2.68. The second kappa shape index (κ2) is 7.69. The van der Waals surface area contributed by atoms with Crippen LogP contribution in [0.25, 0.3) is 0 Å². The van der Waals surface area contributed by atoms with Gasteiger partial charge in [-0.25, -0.2) is 4.98 Å². The number of nitrogens with zero attached hydrogens (tertiary/aromatic N) is 2. The van der Waals surface area contributed by atoms with Crippen LogP contribution in [0.3, 0.4) is 0 Å². The SMILES string of the molecule is CC(O)(CCCn1ccnc1)c1ccc(Sc2ccccc2)cc1. The zero-order valence-electron chi connectivity index (χ0n) is 13.8. The van der Waals surface area contributed by atoms with Crippen molar-refractivity contribution >= 4 is 11.8 Å². The van der Waals surface area contributed by atoms with E-state index < -0.39 is 5.60 Å². The molecule has 124 valence electrons. The molecule has 24 heavy (non-hydrogen) atoms. The number of imidazole rings is 1. The van der Waals surface area contributed by atoms with Crippen molar-refractivity contribution in [2.75, 3.05) is 0 Å². The van der Waals surface area contributed by atoms with Gasteiger partial charge in [0.2, 0.25) is 0 Å². The van der Waals surface area contributed by atoms with Crippen molar-refractivity contribution in [2.24, 2.45) is 0 Å². The summed E-state index contributed by atoms with van der Waals surface area (Å²) in [6.07, 6.45) is 7.16. The normalized spacial score (nSPS) is 13.6. The van der Waals surface area contributed by atoms with E-state index >= 15 is 0 Å². The van der Waals surface area contributed by atoms with Crippen LogP contribution in [0.2, 0.25) is 0 Å². The molecular weight excluding hydrogens is 316 g/mol. The number of aromatic nitrogens is 2. The molecule has 1 aromatic heterocycles. The zero-order valence-corrected chi connectivity index (χ0v) is 14.6. The molecule has 0 bridgehead atoms. The molecule has 1 atom stereocenters. The van der Waals surface area contributed by atoms with Gasteiger partial charge in [-0.15, -0.1) is 0 Å². The van der Waals surface area contributed by atoms with E-state index in [9.17, 15) is 5.11 Å². The summed E-state index contributed by atoms with van der Waals surface area (Å²) < 4.78 is 2.04. The van der Waals surface area contributed by atoms with Gasteiger partial charge in [0.15, 0.2) is 0 Å². The molecule has 0 aliphatic carbocycles. The highest BCUT2D eigenvalue weighted by Crippen LogP contribution is 2.31. The fourth-order valence-corrected chi connectivity index (χ4v) is 3.51. The van der Waals surface area contributed by atoms with Crippen LogP contribution in [0.4, 0.5) is 0 Å². The van der Waals surface area contributed by atoms with Gasteiger partial charge in [-0.2, -0.15) is 0 Å². The molecule has 1 N–H and O–H groups in total. The van der Waals surface area contributed by atoms with Crippen molar-refractivity contribution in [2.45, 2.75) is 41.7 Å². The van der Waals surface area contributed by atoms with E-state index in [0.717, 1.165) is 24.9 Å². The Morgan fingerprint density at radius 1 is 1.04 bits per heavy atom. The highest BCUT2D eigenvalue weighted by Gasteiger charge is 2.22. The first-order chi connectivity index (χ1) is 11.6. The van der Waals surface area contributed by atoms with E-state index in [1.807, 2.05) is 54.3 Å². The molecule has 4 heteroatoms. The van der Waals surface area contributed by atoms with Crippen molar-refractivity contribution in [3.05, 3.63) is 78.9 Å². The summed E-state index contributed by atoms with van der Waals surface area (Å²) in [7, 11) is 0. The van der Waals surface area contributed by atoms with Crippen molar-refractivity contribution in [1.82, 2.24) is 9.55 Å². The minimum Gasteiger partial charge on any atom is -0.385 e. The summed E-state index contributed by atoms with van der Waals surface area (Å²) >= 11 is 1.73. The molecule has 1 unspecified atom stereocenters. The van der Waals surface area contributed by atoms with Crippen LogP contribution in [0.15, 0.2) is 83.1 Å². The third kappa shape index (κ3) is 4.49. The lowest BCUT2D eigenvalue weighted by Crippen LogP contribution is -2.21. The van der Waals surface area contributed by atoms with Gasteiger partial charge in [0, 0.05) is 28.7 Å². The monoisotopic (exact) mass is 338 g/mol. The lowest BCUT2D eigenvalue weighted by molar-refractivity contribution is 0.0443. The lowest BCUT2D eigenvalue weighted by atomic mass is 9.91. The molecule has 0 fully saturated rings. The van der Waals surface area contributed by atoms with E-state index in [4.69, 9.17) is 0 Å². The summed E-state index contributed by atoms with van der Waals surface area (Å²) in [6.45, 7) is 2.76. The molecule has 0 amide bonds. The summed E-state index contributed by atoms with van der Waals surface area (Å²) in [4.78, 5) is 6.44. The van der Waals surface area contributed by atoms with Crippen molar-refractivity contribution in [3.8, 4) is 0 Å². The van der Waals surface area contributed by atoms with Crippen molar-refractivity contribution in [3.63, 3.8) is 0 Å². The molecular formula is C20H22N2OS.